The number of anilines is 1. The zero-order valence-electron chi connectivity index (χ0n) is 23.9. The second-order valence-corrected chi connectivity index (χ2v) is 10.4. The van der Waals surface area contributed by atoms with Crippen molar-refractivity contribution in [2.24, 2.45) is 0 Å². The largest absolute Gasteiger partial charge is 0.495 e. The van der Waals surface area contributed by atoms with Gasteiger partial charge in [-0.15, -0.1) is 0 Å². The number of fused-ring (bicyclic) bond motifs is 1. The summed E-state index contributed by atoms with van der Waals surface area (Å²) in [5.41, 5.74) is 3.13. The molecule has 3 heterocycles. The lowest BCUT2D eigenvalue weighted by atomic mass is 10.0. The monoisotopic (exact) mass is 577 g/mol. The number of aromatic nitrogens is 2. The maximum Gasteiger partial charge on any atom is 0.416 e. The fourth-order valence-corrected chi connectivity index (χ4v) is 5.25. The van der Waals surface area contributed by atoms with Crippen LogP contribution in [0, 0.1) is 6.92 Å². The number of methoxy groups -OCH3 is 1. The highest BCUT2D eigenvalue weighted by atomic mass is 19.4. The Morgan fingerprint density at radius 2 is 1.79 bits per heavy atom. The van der Waals surface area contributed by atoms with Crippen LogP contribution in [0.2, 0.25) is 0 Å². The molecule has 0 spiro atoms. The maximum absolute atomic E-state index is 14.1. The highest BCUT2D eigenvalue weighted by molar-refractivity contribution is 6.04. The Balaban J connectivity index is 1.33. The third kappa shape index (κ3) is 6.50. The normalized spacial score (nSPS) is 15.0. The molecule has 220 valence electrons. The number of carbonyl (C=O) groups is 1. The molecule has 2 aromatic carbocycles. The molecule has 1 aliphatic heterocycles. The highest BCUT2D eigenvalue weighted by Crippen LogP contribution is 2.34. The molecule has 1 amide bonds. The number of rotatable bonds is 8. The second-order valence-electron chi connectivity index (χ2n) is 10.4. The number of nitrogens with zero attached hydrogens (tertiary/aromatic N) is 3. The molecular formula is C32H34F3N5O2. The number of amides is 1. The first-order valence-electron chi connectivity index (χ1n) is 13.9. The van der Waals surface area contributed by atoms with Crippen LogP contribution in [-0.2, 0) is 12.7 Å². The first-order chi connectivity index (χ1) is 20.2. The van der Waals surface area contributed by atoms with Gasteiger partial charge in [-0.1, -0.05) is 25.1 Å². The topological polar surface area (TPSA) is 73.5 Å². The first kappa shape index (κ1) is 29.3. The van der Waals surface area contributed by atoms with Crippen molar-refractivity contribution in [3.8, 4) is 5.75 Å². The fraction of sp³-hybridized carbons (Fsp3) is 0.312. The highest BCUT2D eigenvalue weighted by Gasteiger charge is 2.34. The molecule has 0 bridgehead atoms. The van der Waals surface area contributed by atoms with E-state index in [-0.39, 0.29) is 17.7 Å². The van der Waals surface area contributed by atoms with Crippen LogP contribution in [0.5, 0.6) is 5.75 Å². The Bertz CT molecular complexity index is 1600. The maximum atomic E-state index is 14.1. The van der Waals surface area contributed by atoms with Gasteiger partial charge in [0, 0.05) is 61.9 Å². The fourth-order valence-electron chi connectivity index (χ4n) is 5.25. The summed E-state index contributed by atoms with van der Waals surface area (Å²) in [6.45, 7) is 8.22. The summed E-state index contributed by atoms with van der Waals surface area (Å²) >= 11 is 0. The molecule has 2 aromatic heterocycles. The lowest BCUT2D eigenvalue weighted by Gasteiger charge is -2.34. The number of halogens is 3. The van der Waals surface area contributed by atoms with Gasteiger partial charge < -0.3 is 19.9 Å². The molecule has 10 heteroatoms. The molecule has 1 aliphatic rings. The van der Waals surface area contributed by atoms with E-state index in [0.29, 0.717) is 24.5 Å². The van der Waals surface area contributed by atoms with Gasteiger partial charge in [0.2, 0.25) is 0 Å². The number of ether oxygens (including phenoxy) is 1. The summed E-state index contributed by atoms with van der Waals surface area (Å²) < 4.78 is 47.8. The quantitative estimate of drug-likeness (QED) is 0.252. The number of alkyl halides is 3. The van der Waals surface area contributed by atoms with E-state index in [4.69, 9.17) is 4.74 Å². The molecule has 1 fully saturated rings. The van der Waals surface area contributed by atoms with Crippen LogP contribution in [0.3, 0.4) is 0 Å². The molecule has 7 nitrogen and oxygen atoms in total. The number of aryl methyl sites for hydroxylation is 1. The van der Waals surface area contributed by atoms with Crippen LogP contribution in [0.4, 0.5) is 18.9 Å². The standard InChI is InChI=1S/C32H34F3N5O2/c1-4-39-13-15-40(16-14-39)20-25-9-7-23(18-28(25)32(33,34)35)31(41)38-26-10-5-21(2)22(17-26)6-8-24-19-37-30-27(11-12-36-30)29(24)42-3/h5-12,17-19H,4,13-16,20H2,1-3H3,(H,36,37)(H,38,41). The number of aromatic amines is 1. The van der Waals surface area contributed by atoms with Gasteiger partial charge >= 0.3 is 6.18 Å². The Labute approximate surface area is 243 Å². The van der Waals surface area contributed by atoms with E-state index in [2.05, 4.69) is 27.1 Å². The summed E-state index contributed by atoms with van der Waals surface area (Å²) in [7, 11) is 1.60. The van der Waals surface area contributed by atoms with Gasteiger partial charge in [0.25, 0.3) is 5.91 Å². The van der Waals surface area contributed by atoms with Crippen LogP contribution in [0.15, 0.2) is 54.9 Å². The summed E-state index contributed by atoms with van der Waals surface area (Å²) in [5, 5.41) is 3.62. The van der Waals surface area contributed by atoms with Crippen LogP contribution >= 0.6 is 0 Å². The number of likely N-dealkylation sites (N-methyl/N-ethyl adjacent to an activating group) is 1. The molecule has 0 saturated carbocycles. The Morgan fingerprint density at radius 1 is 1.05 bits per heavy atom. The molecule has 2 N–H and O–H groups in total. The minimum Gasteiger partial charge on any atom is -0.495 e. The minimum atomic E-state index is -4.57. The van der Waals surface area contributed by atoms with Gasteiger partial charge in [-0.25, -0.2) is 4.98 Å². The molecule has 1 saturated heterocycles. The van der Waals surface area contributed by atoms with Crippen LogP contribution in [-0.4, -0.2) is 65.5 Å². The van der Waals surface area contributed by atoms with E-state index in [1.165, 1.54) is 12.1 Å². The zero-order chi connectivity index (χ0) is 29.9. The number of carbonyl (C=O) groups excluding carboxylic acids is 1. The molecular weight excluding hydrogens is 543 g/mol. The summed E-state index contributed by atoms with van der Waals surface area (Å²) in [4.78, 5) is 24.9. The number of piperazine rings is 1. The number of pyridine rings is 1. The Hall–Kier alpha value is -4.15. The lowest BCUT2D eigenvalue weighted by molar-refractivity contribution is -0.138. The van der Waals surface area contributed by atoms with E-state index in [0.717, 1.165) is 53.4 Å². The molecule has 42 heavy (non-hydrogen) atoms. The molecule has 0 atom stereocenters. The van der Waals surface area contributed by atoms with Gasteiger partial charge in [0.15, 0.2) is 0 Å². The van der Waals surface area contributed by atoms with Crippen LogP contribution in [0.25, 0.3) is 23.2 Å². The number of H-pyrrole nitrogens is 1. The lowest BCUT2D eigenvalue weighted by Crippen LogP contribution is -2.45. The molecule has 0 aliphatic carbocycles. The third-order valence-corrected chi connectivity index (χ3v) is 7.73. The predicted molar refractivity (Wildman–Crippen MR) is 160 cm³/mol. The number of nitrogens with one attached hydrogen (secondary N) is 2. The van der Waals surface area contributed by atoms with Gasteiger partial charge in [-0.2, -0.15) is 13.2 Å². The average molecular weight is 578 g/mol. The first-order valence-corrected chi connectivity index (χ1v) is 13.9. The van der Waals surface area contributed by atoms with Crippen molar-refractivity contribution >= 4 is 34.8 Å². The number of benzene rings is 2. The van der Waals surface area contributed by atoms with E-state index in [1.807, 2.05) is 36.1 Å². The molecule has 5 rings (SSSR count). The van der Waals surface area contributed by atoms with Crippen molar-refractivity contribution in [1.82, 2.24) is 19.8 Å². The van der Waals surface area contributed by atoms with Crippen LogP contribution < -0.4 is 10.1 Å². The minimum absolute atomic E-state index is 0.0461. The molecule has 0 unspecified atom stereocenters. The Kier molecular flexibility index (Phi) is 8.65. The second kappa shape index (κ2) is 12.4. The van der Waals surface area contributed by atoms with Gasteiger partial charge in [-0.05, 0) is 66.6 Å². The van der Waals surface area contributed by atoms with E-state index in [9.17, 15) is 18.0 Å². The van der Waals surface area contributed by atoms with Crippen molar-refractivity contribution in [3.05, 3.63) is 88.2 Å². The van der Waals surface area contributed by atoms with Crippen molar-refractivity contribution in [3.63, 3.8) is 0 Å². The SMILES string of the molecule is CCN1CCN(Cc2ccc(C(=O)Nc3ccc(C)c(C=Cc4cnc5[nH]ccc5c4OC)c3)cc2C(F)(F)F)CC1. The number of hydrogen-bond donors (Lipinski definition) is 2. The average Bonchev–Trinajstić information content (AvgIpc) is 3.46. The van der Waals surface area contributed by atoms with Crippen molar-refractivity contribution in [1.29, 1.82) is 0 Å². The zero-order valence-corrected chi connectivity index (χ0v) is 23.9. The van der Waals surface area contributed by atoms with Crippen molar-refractivity contribution in [2.45, 2.75) is 26.6 Å². The number of hydrogen-bond acceptors (Lipinski definition) is 5. The summed E-state index contributed by atoms with van der Waals surface area (Å²) in [5.74, 6) is 0.0814. The molecule has 4 aromatic rings. The van der Waals surface area contributed by atoms with Gasteiger partial charge in [0.05, 0.1) is 18.1 Å². The summed E-state index contributed by atoms with van der Waals surface area (Å²) in [6.07, 6.45) is 2.70. The van der Waals surface area contributed by atoms with Crippen molar-refractivity contribution in [2.75, 3.05) is 45.2 Å². The van der Waals surface area contributed by atoms with Crippen molar-refractivity contribution < 1.29 is 22.7 Å². The van der Waals surface area contributed by atoms with Gasteiger partial charge in [0.1, 0.15) is 11.4 Å². The van der Waals surface area contributed by atoms with E-state index in [1.54, 1.807) is 31.6 Å². The third-order valence-electron chi connectivity index (χ3n) is 7.73. The van der Waals surface area contributed by atoms with E-state index >= 15 is 0 Å². The predicted octanol–water partition coefficient (Wildman–Crippen LogP) is 6.46. The van der Waals surface area contributed by atoms with Gasteiger partial charge in [-0.3, -0.25) is 9.69 Å². The smallest absolute Gasteiger partial charge is 0.416 e. The Morgan fingerprint density at radius 3 is 2.50 bits per heavy atom. The molecule has 0 radical (unpaired) electrons. The van der Waals surface area contributed by atoms with E-state index < -0.39 is 17.6 Å². The summed E-state index contributed by atoms with van der Waals surface area (Å²) in [6, 6.07) is 11.1. The van der Waals surface area contributed by atoms with Crippen LogP contribution in [0.1, 0.15) is 45.1 Å².